The maximum absolute atomic E-state index is 9.09. The van der Waals surface area contributed by atoms with Crippen LogP contribution < -0.4 is 0 Å². The zero-order chi connectivity index (χ0) is 10.5. The minimum absolute atomic E-state index is 0.0223. The number of aliphatic hydroxyl groups excluding tert-OH is 1. The lowest BCUT2D eigenvalue weighted by Gasteiger charge is -2.35. The molecular formula is C8H15N3OS. The first kappa shape index (κ1) is 12.3. The van der Waals surface area contributed by atoms with Crippen LogP contribution in [0.3, 0.4) is 0 Å². The summed E-state index contributed by atoms with van der Waals surface area (Å²) in [6, 6.07) is 0. The predicted octanol–water partition coefficient (Wildman–Crippen LogP) is 0.889. The van der Waals surface area contributed by atoms with Gasteiger partial charge in [0.1, 0.15) is 0 Å². The van der Waals surface area contributed by atoms with E-state index in [1.807, 2.05) is 27.2 Å². The maximum atomic E-state index is 9.09. The molecule has 4 nitrogen and oxygen atoms in total. The third kappa shape index (κ3) is 3.25. The van der Waals surface area contributed by atoms with Crippen molar-refractivity contribution in [3.05, 3.63) is 0 Å². The first-order chi connectivity index (χ1) is 5.99. The molecule has 0 saturated carbocycles. The van der Waals surface area contributed by atoms with Crippen molar-refractivity contribution in [2.24, 2.45) is 4.99 Å². The molecule has 0 bridgehead atoms. The van der Waals surface area contributed by atoms with Crippen molar-refractivity contribution in [2.75, 3.05) is 19.9 Å². The highest BCUT2D eigenvalue weighted by Crippen LogP contribution is 2.16. The topological polar surface area (TPSA) is 59.6 Å². The molecule has 0 aromatic rings. The number of aliphatic imine (C=N–C) groups is 1. The van der Waals surface area contributed by atoms with E-state index in [1.54, 1.807) is 11.1 Å². The number of nitrogens with zero attached hydrogens (tertiary/aromatic N) is 3. The molecule has 13 heavy (non-hydrogen) atoms. The molecule has 5 heteroatoms. The summed E-state index contributed by atoms with van der Waals surface area (Å²) in [4.78, 5) is 5.45. The van der Waals surface area contributed by atoms with Gasteiger partial charge in [0.15, 0.2) is 5.17 Å². The third-order valence-electron chi connectivity index (χ3n) is 1.91. The standard InChI is InChI=1S/C8H15N3OS/c1-8(2,5-12)11(3)7(13-4)10-6-9/h12H,5H2,1-4H3. The minimum atomic E-state index is -0.390. The Bertz CT molecular complexity index is 232. The van der Waals surface area contributed by atoms with Crippen molar-refractivity contribution in [3.63, 3.8) is 0 Å². The number of aliphatic hydroxyl groups is 1. The van der Waals surface area contributed by atoms with E-state index in [0.717, 1.165) is 0 Å². The largest absolute Gasteiger partial charge is 0.394 e. The second-order valence-electron chi connectivity index (χ2n) is 3.23. The molecule has 0 aromatic carbocycles. The number of hydrogen-bond donors (Lipinski definition) is 1. The van der Waals surface area contributed by atoms with E-state index in [0.29, 0.717) is 5.17 Å². The fourth-order valence-corrected chi connectivity index (χ4v) is 1.32. The summed E-state index contributed by atoms with van der Waals surface area (Å²) in [5, 5.41) is 18.1. The average Bonchev–Trinajstić information content (AvgIpc) is 2.13. The van der Waals surface area contributed by atoms with Gasteiger partial charge in [-0.15, -0.1) is 4.99 Å². The van der Waals surface area contributed by atoms with Crippen LogP contribution in [0.2, 0.25) is 0 Å². The molecular weight excluding hydrogens is 186 g/mol. The van der Waals surface area contributed by atoms with Crippen molar-refractivity contribution in [2.45, 2.75) is 19.4 Å². The molecule has 0 fully saturated rings. The van der Waals surface area contributed by atoms with Crippen LogP contribution in [0.5, 0.6) is 0 Å². The van der Waals surface area contributed by atoms with Crippen LogP contribution in [0.25, 0.3) is 0 Å². The number of amidine groups is 1. The second-order valence-corrected chi connectivity index (χ2v) is 4.00. The van der Waals surface area contributed by atoms with Crippen LogP contribution in [0.15, 0.2) is 4.99 Å². The quantitative estimate of drug-likeness (QED) is 0.409. The van der Waals surface area contributed by atoms with Crippen LogP contribution in [0, 0.1) is 11.5 Å². The molecule has 0 aliphatic carbocycles. The number of likely N-dealkylation sites (N-methyl/N-ethyl adjacent to an activating group) is 1. The van der Waals surface area contributed by atoms with E-state index < -0.39 is 5.54 Å². The van der Waals surface area contributed by atoms with Crippen molar-refractivity contribution >= 4 is 16.9 Å². The smallest absolute Gasteiger partial charge is 0.208 e. The molecule has 0 aliphatic heterocycles. The first-order valence-electron chi connectivity index (χ1n) is 3.85. The second kappa shape index (κ2) is 5.10. The van der Waals surface area contributed by atoms with Gasteiger partial charge in [0.2, 0.25) is 6.19 Å². The summed E-state index contributed by atoms with van der Waals surface area (Å²) < 4.78 is 0. The van der Waals surface area contributed by atoms with E-state index >= 15 is 0 Å². The molecule has 1 N–H and O–H groups in total. The van der Waals surface area contributed by atoms with Gasteiger partial charge in [-0.2, -0.15) is 5.26 Å². The maximum Gasteiger partial charge on any atom is 0.208 e. The molecule has 0 radical (unpaired) electrons. The highest BCUT2D eigenvalue weighted by molar-refractivity contribution is 8.13. The Labute approximate surface area is 83.3 Å². The van der Waals surface area contributed by atoms with Crippen molar-refractivity contribution in [1.29, 1.82) is 5.26 Å². The summed E-state index contributed by atoms with van der Waals surface area (Å²) in [6.45, 7) is 3.79. The highest BCUT2D eigenvalue weighted by atomic mass is 32.2. The fourth-order valence-electron chi connectivity index (χ4n) is 0.665. The van der Waals surface area contributed by atoms with Gasteiger partial charge in [0, 0.05) is 7.05 Å². The zero-order valence-electron chi connectivity index (χ0n) is 8.40. The Kier molecular flexibility index (Phi) is 4.81. The Morgan fingerprint density at radius 2 is 2.23 bits per heavy atom. The van der Waals surface area contributed by atoms with Crippen molar-refractivity contribution < 1.29 is 5.11 Å². The first-order valence-corrected chi connectivity index (χ1v) is 5.07. The monoisotopic (exact) mass is 201 g/mol. The van der Waals surface area contributed by atoms with Gasteiger partial charge in [-0.05, 0) is 20.1 Å². The lowest BCUT2D eigenvalue weighted by molar-refractivity contribution is 0.132. The predicted molar refractivity (Wildman–Crippen MR) is 55.5 cm³/mol. The SMILES string of the molecule is CSC(=NC#N)N(C)C(C)(C)CO. The Hall–Kier alpha value is -0.730. The van der Waals surface area contributed by atoms with E-state index in [4.69, 9.17) is 10.4 Å². The van der Waals surface area contributed by atoms with Crippen LogP contribution >= 0.6 is 11.8 Å². The number of hydrogen-bond acceptors (Lipinski definition) is 4. The number of nitriles is 1. The minimum Gasteiger partial charge on any atom is -0.394 e. The summed E-state index contributed by atoms with van der Waals surface area (Å²) in [5.41, 5.74) is -0.390. The molecule has 0 amide bonds. The summed E-state index contributed by atoms with van der Waals surface area (Å²) in [7, 11) is 1.81. The van der Waals surface area contributed by atoms with Crippen LogP contribution in [-0.2, 0) is 0 Å². The van der Waals surface area contributed by atoms with Gasteiger partial charge in [-0.1, -0.05) is 11.8 Å². The van der Waals surface area contributed by atoms with Gasteiger partial charge in [0.25, 0.3) is 0 Å². The number of rotatable bonds is 2. The molecule has 0 rings (SSSR count). The molecule has 0 aromatic heterocycles. The van der Waals surface area contributed by atoms with Crippen LogP contribution in [-0.4, -0.2) is 40.6 Å². The molecule has 0 aliphatic rings. The van der Waals surface area contributed by atoms with E-state index in [-0.39, 0.29) is 6.61 Å². The summed E-state index contributed by atoms with van der Waals surface area (Å²) in [5.74, 6) is 0. The molecule has 0 spiro atoms. The van der Waals surface area contributed by atoms with Gasteiger partial charge in [0.05, 0.1) is 12.1 Å². The van der Waals surface area contributed by atoms with E-state index in [9.17, 15) is 0 Å². The summed E-state index contributed by atoms with van der Waals surface area (Å²) in [6.07, 6.45) is 3.59. The molecule has 0 saturated heterocycles. The normalized spacial score (nSPS) is 12.5. The van der Waals surface area contributed by atoms with Crippen LogP contribution in [0.4, 0.5) is 0 Å². The molecule has 0 heterocycles. The van der Waals surface area contributed by atoms with Gasteiger partial charge < -0.3 is 10.0 Å². The lowest BCUT2D eigenvalue weighted by atomic mass is 10.1. The van der Waals surface area contributed by atoms with E-state index in [1.165, 1.54) is 11.8 Å². The summed E-state index contributed by atoms with van der Waals surface area (Å²) >= 11 is 1.39. The fraction of sp³-hybridized carbons (Fsp3) is 0.750. The van der Waals surface area contributed by atoms with Gasteiger partial charge >= 0.3 is 0 Å². The Balaban J connectivity index is 4.67. The lowest BCUT2D eigenvalue weighted by Crippen LogP contribution is -2.46. The number of thioether (sulfide) groups is 1. The van der Waals surface area contributed by atoms with Gasteiger partial charge in [-0.3, -0.25) is 0 Å². The van der Waals surface area contributed by atoms with Crippen LogP contribution in [0.1, 0.15) is 13.8 Å². The Morgan fingerprint density at radius 3 is 2.54 bits per heavy atom. The highest BCUT2D eigenvalue weighted by Gasteiger charge is 2.24. The Morgan fingerprint density at radius 1 is 1.69 bits per heavy atom. The molecule has 74 valence electrons. The molecule has 0 unspecified atom stereocenters. The van der Waals surface area contributed by atoms with Crippen molar-refractivity contribution in [1.82, 2.24) is 4.90 Å². The van der Waals surface area contributed by atoms with Gasteiger partial charge in [-0.25, -0.2) is 0 Å². The van der Waals surface area contributed by atoms with Crippen molar-refractivity contribution in [3.8, 4) is 6.19 Å². The third-order valence-corrected chi connectivity index (χ3v) is 2.64. The molecule has 0 atom stereocenters. The van der Waals surface area contributed by atoms with E-state index in [2.05, 4.69) is 4.99 Å². The zero-order valence-corrected chi connectivity index (χ0v) is 9.22. The average molecular weight is 201 g/mol.